The van der Waals surface area contributed by atoms with Gasteiger partial charge in [-0.05, 0) is 44.6 Å². The molecule has 1 aromatic heterocycles. The lowest BCUT2D eigenvalue weighted by atomic mass is 10.1. The Hall–Kier alpha value is -1.09. The average molecular weight is 231 g/mol. The van der Waals surface area contributed by atoms with Crippen LogP contribution in [0.5, 0.6) is 0 Å². The average Bonchev–Trinajstić information content (AvgIpc) is 3.17. The molecule has 17 heavy (non-hydrogen) atoms. The summed E-state index contributed by atoms with van der Waals surface area (Å²) < 4.78 is 0. The van der Waals surface area contributed by atoms with Gasteiger partial charge < -0.3 is 10.6 Å². The van der Waals surface area contributed by atoms with Crippen LogP contribution in [0.2, 0.25) is 0 Å². The number of anilines is 1. The van der Waals surface area contributed by atoms with E-state index in [4.69, 9.17) is 5.73 Å². The van der Waals surface area contributed by atoms with Crippen LogP contribution in [0.15, 0.2) is 18.3 Å². The first kappa shape index (κ1) is 11.0. The second kappa shape index (κ2) is 4.30. The van der Waals surface area contributed by atoms with Crippen molar-refractivity contribution in [1.29, 1.82) is 0 Å². The van der Waals surface area contributed by atoms with Crippen molar-refractivity contribution in [2.24, 2.45) is 11.7 Å². The summed E-state index contributed by atoms with van der Waals surface area (Å²) in [6.07, 6.45) is 7.32. The highest BCUT2D eigenvalue weighted by atomic mass is 15.2. The predicted octanol–water partition coefficient (Wildman–Crippen LogP) is 2.48. The van der Waals surface area contributed by atoms with E-state index in [1.807, 2.05) is 19.2 Å². The molecule has 3 heteroatoms. The molecule has 0 aromatic carbocycles. The third-order valence-corrected chi connectivity index (χ3v) is 3.72. The highest BCUT2D eigenvalue weighted by Crippen LogP contribution is 2.38. The SMILES string of the molecule is CC(N)c1cccnc1N(CC1CC1)C1CC1. The van der Waals surface area contributed by atoms with Crippen LogP contribution in [0, 0.1) is 5.92 Å². The number of aromatic nitrogens is 1. The van der Waals surface area contributed by atoms with Gasteiger partial charge >= 0.3 is 0 Å². The first-order chi connectivity index (χ1) is 8.25. The molecule has 0 radical (unpaired) electrons. The standard InChI is InChI=1S/C14H21N3/c1-10(15)13-3-2-8-16-14(13)17(12-6-7-12)9-11-4-5-11/h2-3,8,10-12H,4-7,9,15H2,1H3. The van der Waals surface area contributed by atoms with E-state index in [-0.39, 0.29) is 6.04 Å². The Balaban J connectivity index is 1.87. The summed E-state index contributed by atoms with van der Waals surface area (Å²) in [6, 6.07) is 4.90. The van der Waals surface area contributed by atoms with Gasteiger partial charge in [-0.25, -0.2) is 4.98 Å². The molecule has 0 bridgehead atoms. The van der Waals surface area contributed by atoms with E-state index in [1.54, 1.807) is 0 Å². The summed E-state index contributed by atoms with van der Waals surface area (Å²) in [5.74, 6) is 2.04. The second-order valence-corrected chi connectivity index (χ2v) is 5.53. The summed E-state index contributed by atoms with van der Waals surface area (Å²) in [6.45, 7) is 3.23. The summed E-state index contributed by atoms with van der Waals surface area (Å²) in [7, 11) is 0. The van der Waals surface area contributed by atoms with Gasteiger partial charge in [0.1, 0.15) is 5.82 Å². The lowest BCUT2D eigenvalue weighted by Gasteiger charge is -2.26. The first-order valence-corrected chi connectivity index (χ1v) is 6.73. The monoisotopic (exact) mass is 231 g/mol. The molecule has 0 aliphatic heterocycles. The lowest BCUT2D eigenvalue weighted by molar-refractivity contribution is 0.694. The van der Waals surface area contributed by atoms with Gasteiger partial charge in [-0.2, -0.15) is 0 Å². The molecule has 2 fully saturated rings. The van der Waals surface area contributed by atoms with Gasteiger partial charge in [-0.15, -0.1) is 0 Å². The minimum absolute atomic E-state index is 0.0687. The van der Waals surface area contributed by atoms with E-state index >= 15 is 0 Å². The van der Waals surface area contributed by atoms with Gasteiger partial charge in [0.25, 0.3) is 0 Å². The Bertz CT molecular complexity index is 394. The molecular weight excluding hydrogens is 210 g/mol. The molecule has 3 rings (SSSR count). The van der Waals surface area contributed by atoms with Crippen molar-refractivity contribution in [3.05, 3.63) is 23.9 Å². The third-order valence-electron chi connectivity index (χ3n) is 3.72. The zero-order valence-corrected chi connectivity index (χ0v) is 10.5. The number of rotatable bonds is 5. The van der Waals surface area contributed by atoms with Crippen molar-refractivity contribution in [3.63, 3.8) is 0 Å². The highest BCUT2D eigenvalue weighted by molar-refractivity contribution is 5.50. The fourth-order valence-corrected chi connectivity index (χ4v) is 2.38. The molecule has 1 heterocycles. The van der Waals surface area contributed by atoms with Crippen LogP contribution in [0.25, 0.3) is 0 Å². The lowest BCUT2D eigenvalue weighted by Crippen LogP contribution is -2.30. The van der Waals surface area contributed by atoms with Crippen molar-refractivity contribution in [2.75, 3.05) is 11.4 Å². The van der Waals surface area contributed by atoms with Crippen LogP contribution in [0.4, 0.5) is 5.82 Å². The minimum atomic E-state index is 0.0687. The molecule has 0 saturated heterocycles. The van der Waals surface area contributed by atoms with E-state index in [0.717, 1.165) is 17.8 Å². The van der Waals surface area contributed by atoms with Crippen LogP contribution in [0.3, 0.4) is 0 Å². The number of nitrogens with zero attached hydrogens (tertiary/aromatic N) is 2. The van der Waals surface area contributed by atoms with Gasteiger partial charge in [0.2, 0.25) is 0 Å². The van der Waals surface area contributed by atoms with Crippen LogP contribution < -0.4 is 10.6 Å². The Morgan fingerprint density at radius 3 is 2.76 bits per heavy atom. The molecule has 1 aromatic rings. The van der Waals surface area contributed by atoms with Gasteiger partial charge in [-0.1, -0.05) is 6.07 Å². The van der Waals surface area contributed by atoms with Crippen molar-refractivity contribution >= 4 is 5.82 Å². The maximum atomic E-state index is 6.05. The molecule has 2 aliphatic rings. The summed E-state index contributed by atoms with van der Waals surface area (Å²) >= 11 is 0. The zero-order valence-electron chi connectivity index (χ0n) is 10.5. The Morgan fingerprint density at radius 2 is 2.18 bits per heavy atom. The van der Waals surface area contributed by atoms with Crippen molar-refractivity contribution < 1.29 is 0 Å². The second-order valence-electron chi connectivity index (χ2n) is 5.53. The van der Waals surface area contributed by atoms with Crippen LogP contribution in [-0.2, 0) is 0 Å². The molecule has 0 spiro atoms. The smallest absolute Gasteiger partial charge is 0.133 e. The fraction of sp³-hybridized carbons (Fsp3) is 0.643. The van der Waals surface area contributed by atoms with Gasteiger partial charge in [-0.3, -0.25) is 0 Å². The number of hydrogen-bond acceptors (Lipinski definition) is 3. The van der Waals surface area contributed by atoms with E-state index in [9.17, 15) is 0 Å². The molecule has 92 valence electrons. The Morgan fingerprint density at radius 1 is 1.41 bits per heavy atom. The third kappa shape index (κ3) is 2.44. The zero-order chi connectivity index (χ0) is 11.8. The molecule has 1 atom stereocenters. The molecule has 2 aliphatic carbocycles. The Labute approximate surface area is 103 Å². The molecular formula is C14H21N3. The molecule has 2 N–H and O–H groups in total. The van der Waals surface area contributed by atoms with Crippen molar-refractivity contribution in [1.82, 2.24) is 4.98 Å². The summed E-state index contributed by atoms with van der Waals surface area (Å²) in [4.78, 5) is 7.10. The Kier molecular flexibility index (Phi) is 2.79. The van der Waals surface area contributed by atoms with Gasteiger partial charge in [0, 0.05) is 30.4 Å². The summed E-state index contributed by atoms with van der Waals surface area (Å²) in [5.41, 5.74) is 7.25. The molecule has 1 unspecified atom stereocenters. The van der Waals surface area contributed by atoms with Crippen LogP contribution >= 0.6 is 0 Å². The van der Waals surface area contributed by atoms with Crippen LogP contribution in [0.1, 0.15) is 44.2 Å². The minimum Gasteiger partial charge on any atom is -0.353 e. The quantitative estimate of drug-likeness (QED) is 0.846. The van der Waals surface area contributed by atoms with E-state index in [2.05, 4.69) is 16.0 Å². The molecule has 0 amide bonds. The number of pyridine rings is 1. The largest absolute Gasteiger partial charge is 0.353 e. The van der Waals surface area contributed by atoms with E-state index < -0.39 is 0 Å². The first-order valence-electron chi connectivity index (χ1n) is 6.73. The highest BCUT2D eigenvalue weighted by Gasteiger charge is 2.35. The fourth-order valence-electron chi connectivity index (χ4n) is 2.38. The van der Waals surface area contributed by atoms with Crippen molar-refractivity contribution in [2.45, 2.75) is 44.7 Å². The van der Waals surface area contributed by atoms with Crippen LogP contribution in [-0.4, -0.2) is 17.6 Å². The van der Waals surface area contributed by atoms with Gasteiger partial charge in [0.15, 0.2) is 0 Å². The maximum absolute atomic E-state index is 6.05. The summed E-state index contributed by atoms with van der Waals surface area (Å²) in [5, 5.41) is 0. The van der Waals surface area contributed by atoms with Crippen molar-refractivity contribution in [3.8, 4) is 0 Å². The maximum Gasteiger partial charge on any atom is 0.133 e. The molecule has 2 saturated carbocycles. The van der Waals surface area contributed by atoms with E-state index in [1.165, 1.54) is 37.8 Å². The predicted molar refractivity (Wildman–Crippen MR) is 69.9 cm³/mol. The number of hydrogen-bond donors (Lipinski definition) is 1. The van der Waals surface area contributed by atoms with E-state index in [0.29, 0.717) is 0 Å². The van der Waals surface area contributed by atoms with Gasteiger partial charge in [0.05, 0.1) is 0 Å². The topological polar surface area (TPSA) is 42.1 Å². The number of nitrogens with two attached hydrogens (primary N) is 1. The molecule has 3 nitrogen and oxygen atoms in total. The normalized spacial score (nSPS) is 21.3.